The van der Waals surface area contributed by atoms with Gasteiger partial charge in [-0.25, -0.2) is 4.98 Å². The zero-order valence-corrected chi connectivity index (χ0v) is 31.6. The van der Waals surface area contributed by atoms with Gasteiger partial charge in [0.1, 0.15) is 22.9 Å². The molecule has 0 radical (unpaired) electrons. The fraction of sp³-hybridized carbons (Fsp3) is 0.0189. The fourth-order valence-corrected chi connectivity index (χ4v) is 10.4. The van der Waals surface area contributed by atoms with Crippen molar-refractivity contribution in [1.82, 2.24) is 4.98 Å². The maximum atomic E-state index is 6.73. The van der Waals surface area contributed by atoms with Crippen LogP contribution in [0.3, 0.4) is 0 Å². The number of hydrogen-bond acceptors (Lipinski definition) is 3. The lowest BCUT2D eigenvalue weighted by atomic mass is 9.66. The Kier molecular flexibility index (Phi) is 7.01. The van der Waals surface area contributed by atoms with Gasteiger partial charge in [-0.05, 0) is 69.8 Å². The van der Waals surface area contributed by atoms with Crippen LogP contribution < -0.4 is 9.30 Å². The highest BCUT2D eigenvalue weighted by Crippen LogP contribution is 2.62. The maximum absolute atomic E-state index is 6.73. The zero-order chi connectivity index (χ0) is 37.5. The predicted octanol–water partition coefficient (Wildman–Crippen LogP) is 13.2. The monoisotopic (exact) mass is 745 g/mol. The molecule has 0 unspecified atom stereocenters. The summed E-state index contributed by atoms with van der Waals surface area (Å²) in [5.74, 6) is 1.75. The largest absolute Gasteiger partial charge is 0.457 e. The molecule has 4 heteroatoms. The third kappa shape index (κ3) is 4.84. The van der Waals surface area contributed by atoms with E-state index in [0.29, 0.717) is 0 Å². The Hall–Kier alpha value is -7.14. The van der Waals surface area contributed by atoms with Crippen molar-refractivity contribution in [1.29, 1.82) is 0 Å². The number of rotatable bonds is 4. The van der Waals surface area contributed by atoms with Crippen LogP contribution in [0.4, 0.5) is 0 Å². The van der Waals surface area contributed by atoms with Crippen LogP contribution in [-0.2, 0) is 5.41 Å². The Balaban J connectivity index is 1.01. The fourth-order valence-electron chi connectivity index (χ4n) is 9.27. The van der Waals surface area contributed by atoms with E-state index >= 15 is 0 Å². The van der Waals surface area contributed by atoms with Gasteiger partial charge in [0, 0.05) is 54.6 Å². The second kappa shape index (κ2) is 12.4. The molecule has 3 nitrogen and oxygen atoms in total. The molecular weight excluding hydrogens is 713 g/mol. The molecule has 10 aromatic rings. The minimum absolute atomic E-state index is 0.547. The first-order valence-corrected chi connectivity index (χ1v) is 20.2. The van der Waals surface area contributed by atoms with Gasteiger partial charge in [0.2, 0.25) is 18.1 Å². The Labute approximate surface area is 334 Å². The van der Waals surface area contributed by atoms with Gasteiger partial charge in [0.25, 0.3) is 0 Å². The molecule has 57 heavy (non-hydrogen) atoms. The molecule has 0 saturated heterocycles. The topological polar surface area (TPSA) is 26.0 Å². The second-order valence-corrected chi connectivity index (χ2v) is 16.0. The molecule has 0 fully saturated rings. The van der Waals surface area contributed by atoms with Crippen LogP contribution in [0.1, 0.15) is 22.3 Å². The molecule has 0 amide bonds. The van der Waals surface area contributed by atoms with Crippen molar-refractivity contribution < 1.29 is 9.30 Å². The molecule has 1 aliphatic heterocycles. The Morgan fingerprint density at radius 3 is 1.79 bits per heavy atom. The third-order valence-electron chi connectivity index (χ3n) is 11.9. The Bertz CT molecular complexity index is 3170. The van der Waals surface area contributed by atoms with E-state index in [9.17, 15) is 0 Å². The smallest absolute Gasteiger partial charge is 0.210 e. The first kappa shape index (κ1) is 32.1. The lowest BCUT2D eigenvalue weighted by molar-refractivity contribution is -0.595. The van der Waals surface area contributed by atoms with Crippen molar-refractivity contribution in [3.05, 3.63) is 223 Å². The summed E-state index contributed by atoms with van der Waals surface area (Å²) in [6.07, 6.45) is 4.29. The molecule has 1 spiro atoms. The first-order valence-electron chi connectivity index (χ1n) is 19.3. The number of fused-ring (bicyclic) bond motifs is 12. The molecule has 8 aromatic carbocycles. The van der Waals surface area contributed by atoms with Crippen molar-refractivity contribution >= 4 is 31.5 Å². The summed E-state index contributed by atoms with van der Waals surface area (Å²) in [6.45, 7) is 0. The average Bonchev–Trinajstić information content (AvgIpc) is 3.80. The van der Waals surface area contributed by atoms with Crippen LogP contribution in [0, 0.1) is 0 Å². The van der Waals surface area contributed by atoms with E-state index in [-0.39, 0.29) is 0 Å². The van der Waals surface area contributed by atoms with Crippen LogP contribution in [0.15, 0.2) is 200 Å². The van der Waals surface area contributed by atoms with Gasteiger partial charge in [0.15, 0.2) is 0 Å². The van der Waals surface area contributed by atoms with Crippen LogP contribution in [0.5, 0.6) is 11.5 Å². The van der Waals surface area contributed by atoms with E-state index in [1.165, 1.54) is 53.6 Å². The molecule has 1 aliphatic carbocycles. The minimum atomic E-state index is -0.547. The minimum Gasteiger partial charge on any atom is -0.457 e. The lowest BCUT2D eigenvalue weighted by Gasteiger charge is -2.39. The van der Waals surface area contributed by atoms with Crippen molar-refractivity contribution in [2.24, 2.45) is 0 Å². The van der Waals surface area contributed by atoms with E-state index < -0.39 is 5.41 Å². The van der Waals surface area contributed by atoms with Crippen molar-refractivity contribution in [3.8, 4) is 62.0 Å². The van der Waals surface area contributed by atoms with Crippen molar-refractivity contribution in [3.63, 3.8) is 0 Å². The van der Waals surface area contributed by atoms with Gasteiger partial charge in [-0.1, -0.05) is 140 Å². The summed E-state index contributed by atoms with van der Waals surface area (Å²) in [7, 11) is 0. The number of ether oxygens (including phenoxy) is 1. The number of nitrogens with zero attached hydrogens (tertiary/aromatic N) is 2. The number of para-hydroxylation sites is 2. The summed E-state index contributed by atoms with van der Waals surface area (Å²) in [4.78, 5) is 5.40. The van der Waals surface area contributed by atoms with Crippen molar-refractivity contribution in [2.75, 3.05) is 0 Å². The maximum Gasteiger partial charge on any atom is 0.210 e. The Morgan fingerprint density at radius 2 is 1.00 bits per heavy atom. The molecule has 3 heterocycles. The predicted molar refractivity (Wildman–Crippen MR) is 232 cm³/mol. The highest BCUT2D eigenvalue weighted by Gasteiger charge is 2.51. The normalized spacial score (nSPS) is 13.2. The summed E-state index contributed by atoms with van der Waals surface area (Å²) in [5, 5.41) is 2.63. The van der Waals surface area contributed by atoms with E-state index in [1.807, 2.05) is 11.3 Å². The quantitative estimate of drug-likeness (QED) is 0.168. The van der Waals surface area contributed by atoms with Crippen LogP contribution >= 0.6 is 11.3 Å². The first-order chi connectivity index (χ1) is 28.2. The zero-order valence-electron chi connectivity index (χ0n) is 30.8. The number of thiophene rings is 1. The van der Waals surface area contributed by atoms with Gasteiger partial charge in [-0.2, -0.15) is 4.57 Å². The van der Waals surface area contributed by atoms with E-state index in [1.54, 1.807) is 0 Å². The van der Waals surface area contributed by atoms with E-state index in [0.717, 1.165) is 50.8 Å². The summed E-state index contributed by atoms with van der Waals surface area (Å²) >= 11 is 1.85. The molecular formula is C53H33N2OS+. The van der Waals surface area contributed by atoms with Gasteiger partial charge < -0.3 is 4.74 Å². The second-order valence-electron chi connectivity index (χ2n) is 14.9. The number of aromatic nitrogens is 2. The molecule has 0 N–H and O–H groups in total. The number of hydrogen-bond donors (Lipinski definition) is 0. The third-order valence-corrected chi connectivity index (χ3v) is 13.0. The SMILES string of the molecule is c1ccc(-[n+]2cc(-c3ccc(-c4ccc5c(c4)sc4ccccc45)cc3)nc(-c3ccc4c(c3)C3(c5ccccc5O4)c4ccccc4-c4ccccc43)c2)cc1. The molecule has 0 bridgehead atoms. The van der Waals surface area contributed by atoms with Crippen molar-refractivity contribution in [2.45, 2.75) is 5.41 Å². The van der Waals surface area contributed by atoms with Gasteiger partial charge in [0.05, 0.1) is 5.41 Å². The molecule has 2 aromatic heterocycles. The highest BCUT2D eigenvalue weighted by atomic mass is 32.1. The van der Waals surface area contributed by atoms with Crippen LogP contribution in [0.25, 0.3) is 70.6 Å². The summed E-state index contributed by atoms with van der Waals surface area (Å²) in [6, 6.07) is 67.7. The highest BCUT2D eigenvalue weighted by molar-refractivity contribution is 7.25. The number of benzene rings is 8. The summed E-state index contributed by atoms with van der Waals surface area (Å²) < 4.78 is 11.6. The standard InChI is InChI=1S/C53H33N2OS/c1-2-12-38(13-3-1)55-32-47(35-24-22-34(23-25-35)36-26-28-42-41-16-6-11-21-51(41)57-52(42)31-36)54-48(33-55)37-27-29-50-46(30-37)53(45-19-9-10-20-49(45)56-50)43-17-7-4-14-39(43)40-15-5-8-18-44(40)53/h1-33H/q+1. The van der Waals surface area contributed by atoms with Gasteiger partial charge >= 0.3 is 0 Å². The summed E-state index contributed by atoms with van der Waals surface area (Å²) in [5.41, 5.74) is 14.1. The molecule has 2 aliphatic rings. The Morgan fingerprint density at radius 1 is 0.421 bits per heavy atom. The van der Waals surface area contributed by atoms with Gasteiger partial charge in [-0.15, -0.1) is 11.3 Å². The lowest BCUT2D eigenvalue weighted by Crippen LogP contribution is -2.32. The van der Waals surface area contributed by atoms with Crippen LogP contribution in [0.2, 0.25) is 0 Å². The molecule has 12 rings (SSSR count). The molecule has 266 valence electrons. The van der Waals surface area contributed by atoms with E-state index in [2.05, 4.69) is 205 Å². The average molecular weight is 746 g/mol. The molecule has 0 atom stereocenters. The van der Waals surface area contributed by atoms with Crippen LogP contribution in [-0.4, -0.2) is 4.98 Å². The molecule has 0 saturated carbocycles. The van der Waals surface area contributed by atoms with Gasteiger partial charge in [-0.3, -0.25) is 0 Å². The van der Waals surface area contributed by atoms with E-state index in [4.69, 9.17) is 9.72 Å².